The summed E-state index contributed by atoms with van der Waals surface area (Å²) in [6.07, 6.45) is -4.74. The maximum Gasteiger partial charge on any atom is 0.416 e. The summed E-state index contributed by atoms with van der Waals surface area (Å²) in [5.74, 6) is -1.26. The number of nitrogens with zero attached hydrogens (tertiary/aromatic N) is 3. The van der Waals surface area contributed by atoms with Crippen LogP contribution in [0.4, 0.5) is 23.4 Å². The van der Waals surface area contributed by atoms with Crippen molar-refractivity contribution in [3.8, 4) is 5.69 Å². The van der Waals surface area contributed by atoms with Gasteiger partial charge in [-0.25, -0.2) is 9.07 Å². The maximum absolute atomic E-state index is 13.9. The number of hydrogen-bond donors (Lipinski definition) is 0. The normalized spacial score (nSPS) is 16.1. The van der Waals surface area contributed by atoms with Gasteiger partial charge in [-0.3, -0.25) is 4.79 Å². The molecule has 0 N–H and O–H groups in total. The van der Waals surface area contributed by atoms with Crippen molar-refractivity contribution >= 4 is 44.5 Å². The van der Waals surface area contributed by atoms with E-state index in [1.54, 1.807) is 23.7 Å². The largest absolute Gasteiger partial charge is 0.481 e. The van der Waals surface area contributed by atoms with Crippen molar-refractivity contribution in [3.05, 3.63) is 113 Å². The standard InChI is InChI=1S/C30H25F4N3O2.2H2S/c1-3-39-29-24(17-25(38)20-8-7-9-21(16-20)30(32,33)34)27(19-12-14-22(31)15-13-19)26-18(2)36-37(28(26)35-29)23-10-5-4-6-11-23;;/h4-16,24,27H,3,17H2,1-2H3;2*1H2/t24-,27+;;/m0../s1. The number of aromatic nitrogens is 2. The molecule has 1 aromatic heterocycles. The zero-order valence-electron chi connectivity index (χ0n) is 22.2. The lowest BCUT2D eigenvalue weighted by atomic mass is 9.76. The van der Waals surface area contributed by atoms with Gasteiger partial charge in [0.15, 0.2) is 17.5 Å². The van der Waals surface area contributed by atoms with Crippen molar-refractivity contribution in [3.63, 3.8) is 0 Å². The highest BCUT2D eigenvalue weighted by Gasteiger charge is 2.41. The molecule has 216 valence electrons. The van der Waals surface area contributed by atoms with Gasteiger partial charge in [-0.15, -0.1) is 0 Å². The molecule has 0 saturated carbocycles. The predicted molar refractivity (Wildman–Crippen MR) is 160 cm³/mol. The summed E-state index contributed by atoms with van der Waals surface area (Å²) in [7, 11) is 0. The highest BCUT2D eigenvalue weighted by molar-refractivity contribution is 7.59. The van der Waals surface area contributed by atoms with Gasteiger partial charge in [0.05, 0.1) is 29.5 Å². The first kappa shape index (κ1) is 32.0. The molecule has 41 heavy (non-hydrogen) atoms. The number of benzene rings is 3. The Morgan fingerprint density at radius 1 is 0.976 bits per heavy atom. The van der Waals surface area contributed by atoms with Crippen LogP contribution in [0.25, 0.3) is 5.69 Å². The second-order valence-electron chi connectivity index (χ2n) is 9.29. The van der Waals surface area contributed by atoms with Crippen LogP contribution in [0.15, 0.2) is 83.9 Å². The van der Waals surface area contributed by atoms with Gasteiger partial charge in [-0.05, 0) is 55.8 Å². The van der Waals surface area contributed by atoms with E-state index in [9.17, 15) is 22.4 Å². The number of halogens is 4. The van der Waals surface area contributed by atoms with Crippen molar-refractivity contribution < 1.29 is 27.1 Å². The Bertz CT molecular complexity index is 1540. The summed E-state index contributed by atoms with van der Waals surface area (Å²) in [4.78, 5) is 18.2. The van der Waals surface area contributed by atoms with Crippen LogP contribution >= 0.6 is 27.0 Å². The third kappa shape index (κ3) is 6.51. The Kier molecular flexibility index (Phi) is 10.1. The molecule has 0 saturated heterocycles. The molecule has 0 amide bonds. The molecular weight excluding hydrogens is 574 g/mol. The van der Waals surface area contributed by atoms with E-state index in [-0.39, 0.29) is 51.5 Å². The van der Waals surface area contributed by atoms with E-state index in [1.807, 2.05) is 37.3 Å². The lowest BCUT2D eigenvalue weighted by Crippen LogP contribution is -2.31. The SMILES string of the molecule is CCOC1=Nc2c(c(C)nn2-c2ccccc2)[C@H](c2ccc(F)cc2)[C@@H]1CC(=O)c1cccc(C(F)(F)F)c1.S.S. The molecule has 0 spiro atoms. The molecule has 0 radical (unpaired) electrons. The van der Waals surface area contributed by atoms with E-state index in [2.05, 4.69) is 0 Å². The number of hydrogen-bond acceptors (Lipinski definition) is 4. The lowest BCUT2D eigenvalue weighted by molar-refractivity contribution is -0.137. The lowest BCUT2D eigenvalue weighted by Gasteiger charge is -2.32. The second kappa shape index (κ2) is 12.9. The number of aliphatic imine (C=N–C) groups is 1. The summed E-state index contributed by atoms with van der Waals surface area (Å²) in [5.41, 5.74) is 1.95. The van der Waals surface area contributed by atoms with Crippen molar-refractivity contribution in [2.75, 3.05) is 6.61 Å². The maximum atomic E-state index is 13.9. The Morgan fingerprint density at radius 3 is 2.29 bits per heavy atom. The van der Waals surface area contributed by atoms with Gasteiger partial charge < -0.3 is 4.74 Å². The van der Waals surface area contributed by atoms with Crippen LogP contribution in [0.1, 0.15) is 52.0 Å². The minimum absolute atomic E-state index is 0. The van der Waals surface area contributed by atoms with Gasteiger partial charge in [-0.1, -0.05) is 42.5 Å². The molecule has 2 atom stereocenters. The zero-order chi connectivity index (χ0) is 27.7. The van der Waals surface area contributed by atoms with E-state index in [1.165, 1.54) is 24.3 Å². The first-order chi connectivity index (χ1) is 18.7. The molecular formula is C30H29F4N3O2S2. The first-order valence-electron chi connectivity index (χ1n) is 12.5. The van der Waals surface area contributed by atoms with Crippen LogP contribution < -0.4 is 0 Å². The van der Waals surface area contributed by atoms with Crippen molar-refractivity contribution in [2.45, 2.75) is 32.4 Å². The van der Waals surface area contributed by atoms with E-state index >= 15 is 0 Å². The number of aryl methyl sites for hydroxylation is 1. The molecule has 0 unspecified atom stereocenters. The molecule has 1 aliphatic heterocycles. The van der Waals surface area contributed by atoms with Gasteiger partial charge in [0.2, 0.25) is 0 Å². The molecule has 5 rings (SSSR count). The summed E-state index contributed by atoms with van der Waals surface area (Å²) in [6.45, 7) is 3.88. The number of Topliss-reactive ketones (excluding diaryl/α,β-unsaturated/α-hetero) is 1. The third-order valence-corrected chi connectivity index (χ3v) is 6.77. The molecule has 0 bridgehead atoms. The summed E-state index contributed by atoms with van der Waals surface area (Å²) in [5, 5.41) is 4.73. The summed E-state index contributed by atoms with van der Waals surface area (Å²) in [6, 6.07) is 19.7. The van der Waals surface area contributed by atoms with Crippen LogP contribution in [0.2, 0.25) is 0 Å². The van der Waals surface area contributed by atoms with Crippen LogP contribution in [0.3, 0.4) is 0 Å². The Morgan fingerprint density at radius 2 is 1.66 bits per heavy atom. The monoisotopic (exact) mass is 603 g/mol. The fraction of sp³-hybridized carbons (Fsp3) is 0.233. The van der Waals surface area contributed by atoms with Gasteiger partial charge in [0.1, 0.15) is 5.82 Å². The van der Waals surface area contributed by atoms with Crippen LogP contribution in [0, 0.1) is 18.7 Å². The molecule has 0 fully saturated rings. The number of carbonyl (C=O) groups is 1. The zero-order valence-corrected chi connectivity index (χ0v) is 24.2. The highest BCUT2D eigenvalue weighted by atomic mass is 32.1. The smallest absolute Gasteiger partial charge is 0.416 e. The number of para-hydroxylation sites is 1. The van der Waals surface area contributed by atoms with Gasteiger partial charge >= 0.3 is 6.18 Å². The van der Waals surface area contributed by atoms with Crippen LogP contribution in [-0.4, -0.2) is 28.1 Å². The number of alkyl halides is 3. The van der Waals surface area contributed by atoms with Crippen molar-refractivity contribution in [1.82, 2.24) is 9.78 Å². The highest BCUT2D eigenvalue weighted by Crippen LogP contribution is 2.46. The van der Waals surface area contributed by atoms with Gasteiger partial charge in [-0.2, -0.15) is 50.3 Å². The number of rotatable bonds is 6. The van der Waals surface area contributed by atoms with Crippen molar-refractivity contribution in [2.24, 2.45) is 10.9 Å². The fourth-order valence-electron chi connectivity index (χ4n) is 5.03. The Balaban J connectivity index is 0.00000231. The summed E-state index contributed by atoms with van der Waals surface area (Å²) >= 11 is 0. The predicted octanol–water partition coefficient (Wildman–Crippen LogP) is 7.67. The molecule has 2 heterocycles. The average Bonchev–Trinajstić information content (AvgIpc) is 3.25. The first-order valence-corrected chi connectivity index (χ1v) is 12.5. The quantitative estimate of drug-likeness (QED) is 0.168. The third-order valence-electron chi connectivity index (χ3n) is 6.77. The number of ether oxygens (including phenoxy) is 1. The van der Waals surface area contributed by atoms with Crippen molar-refractivity contribution in [1.29, 1.82) is 0 Å². The molecule has 4 aromatic rings. The van der Waals surface area contributed by atoms with Gasteiger partial charge in [0.25, 0.3) is 0 Å². The molecule has 3 aromatic carbocycles. The molecule has 5 nitrogen and oxygen atoms in total. The summed E-state index contributed by atoms with van der Waals surface area (Å²) < 4.78 is 61.5. The van der Waals surface area contributed by atoms with E-state index in [4.69, 9.17) is 14.8 Å². The van der Waals surface area contributed by atoms with E-state index in [0.29, 0.717) is 17.1 Å². The average molecular weight is 604 g/mol. The molecule has 1 aliphatic rings. The fourth-order valence-corrected chi connectivity index (χ4v) is 5.03. The van der Waals surface area contributed by atoms with E-state index in [0.717, 1.165) is 23.4 Å². The molecule has 0 aliphatic carbocycles. The van der Waals surface area contributed by atoms with Crippen LogP contribution in [0.5, 0.6) is 0 Å². The number of ketones is 1. The number of fused-ring (bicyclic) bond motifs is 1. The molecule has 11 heteroatoms. The number of carbonyl (C=O) groups excluding carboxylic acids is 1. The second-order valence-corrected chi connectivity index (χ2v) is 9.29. The van der Waals surface area contributed by atoms with Gasteiger partial charge in [0, 0.05) is 23.5 Å². The van der Waals surface area contributed by atoms with E-state index < -0.39 is 35.2 Å². The van der Waals surface area contributed by atoms with Crippen LogP contribution in [-0.2, 0) is 10.9 Å². The Labute approximate surface area is 249 Å². The Hall–Kier alpha value is -3.57. The minimum atomic E-state index is -4.58. The topological polar surface area (TPSA) is 56.5 Å². The minimum Gasteiger partial charge on any atom is -0.481 e.